The molecule has 18 heavy (non-hydrogen) atoms. The van der Waals surface area contributed by atoms with Crippen LogP contribution in [0, 0.1) is 11.3 Å². The third-order valence-electron chi connectivity index (χ3n) is 2.63. The number of imidazole rings is 1. The highest BCUT2D eigenvalue weighted by atomic mass is 15.1. The van der Waals surface area contributed by atoms with E-state index in [1.54, 1.807) is 18.5 Å². The summed E-state index contributed by atoms with van der Waals surface area (Å²) in [7, 11) is 0. The van der Waals surface area contributed by atoms with Gasteiger partial charge >= 0.3 is 0 Å². The van der Waals surface area contributed by atoms with E-state index in [0.29, 0.717) is 12.2 Å². The lowest BCUT2D eigenvalue weighted by atomic mass is 10.2. The summed E-state index contributed by atoms with van der Waals surface area (Å²) in [6.45, 7) is 4.44. The van der Waals surface area contributed by atoms with E-state index < -0.39 is 0 Å². The number of nitrogens with zero attached hydrogens (tertiary/aromatic N) is 4. The van der Waals surface area contributed by atoms with Crippen LogP contribution in [0.3, 0.4) is 0 Å². The Hall–Kier alpha value is -2.19. The number of aromatic nitrogens is 3. The van der Waals surface area contributed by atoms with Gasteiger partial charge in [-0.1, -0.05) is 6.92 Å². The average Bonchev–Trinajstić information content (AvgIpc) is 2.84. The van der Waals surface area contributed by atoms with Crippen molar-refractivity contribution < 1.29 is 0 Å². The maximum atomic E-state index is 8.82. The van der Waals surface area contributed by atoms with Crippen LogP contribution in [0.15, 0.2) is 30.7 Å². The highest BCUT2D eigenvalue weighted by Crippen LogP contribution is 2.06. The lowest BCUT2D eigenvalue weighted by molar-refractivity contribution is 0.639. The van der Waals surface area contributed by atoms with E-state index >= 15 is 0 Å². The van der Waals surface area contributed by atoms with E-state index in [2.05, 4.69) is 26.8 Å². The maximum Gasteiger partial charge on any atom is 0.140 e. The van der Waals surface area contributed by atoms with Crippen LogP contribution in [-0.4, -0.2) is 21.1 Å². The molecule has 0 aliphatic carbocycles. The molecular weight excluding hydrogens is 226 g/mol. The van der Waals surface area contributed by atoms with Gasteiger partial charge in [0.1, 0.15) is 17.6 Å². The summed E-state index contributed by atoms with van der Waals surface area (Å²) < 4.78 is 2.07. The molecular formula is C13H15N5. The van der Waals surface area contributed by atoms with Gasteiger partial charge in [0.15, 0.2) is 0 Å². The Balaban J connectivity index is 2.13. The van der Waals surface area contributed by atoms with Crippen LogP contribution >= 0.6 is 0 Å². The summed E-state index contributed by atoms with van der Waals surface area (Å²) in [6.07, 6.45) is 5.40. The fraction of sp³-hybridized carbons (Fsp3) is 0.308. The molecule has 0 atom stereocenters. The minimum atomic E-state index is 0.445. The van der Waals surface area contributed by atoms with Crippen molar-refractivity contribution in [2.75, 3.05) is 6.54 Å². The molecule has 0 bridgehead atoms. The second-order valence-electron chi connectivity index (χ2n) is 3.91. The first-order valence-corrected chi connectivity index (χ1v) is 5.89. The molecule has 2 rings (SSSR count). The van der Waals surface area contributed by atoms with E-state index in [9.17, 15) is 0 Å². The summed E-state index contributed by atoms with van der Waals surface area (Å²) in [6, 6.07) is 5.76. The normalized spacial score (nSPS) is 10.2. The van der Waals surface area contributed by atoms with Crippen molar-refractivity contribution in [3.8, 4) is 6.07 Å². The maximum absolute atomic E-state index is 8.82. The quantitative estimate of drug-likeness (QED) is 0.857. The first-order valence-electron chi connectivity index (χ1n) is 5.89. The first kappa shape index (κ1) is 12.3. The highest BCUT2D eigenvalue weighted by molar-refractivity contribution is 5.25. The van der Waals surface area contributed by atoms with Gasteiger partial charge < -0.3 is 9.88 Å². The SMILES string of the molecule is CCNCc1nccn1Cc1ccnc(C#N)c1. The van der Waals surface area contributed by atoms with E-state index in [-0.39, 0.29) is 0 Å². The Kier molecular flexibility index (Phi) is 4.05. The monoisotopic (exact) mass is 241 g/mol. The molecule has 0 aliphatic heterocycles. The molecule has 0 radical (unpaired) electrons. The van der Waals surface area contributed by atoms with E-state index in [1.807, 2.05) is 18.3 Å². The van der Waals surface area contributed by atoms with Crippen molar-refractivity contribution in [2.24, 2.45) is 0 Å². The van der Waals surface area contributed by atoms with Gasteiger partial charge in [-0.15, -0.1) is 0 Å². The number of rotatable bonds is 5. The molecule has 0 unspecified atom stereocenters. The van der Waals surface area contributed by atoms with Crippen molar-refractivity contribution in [2.45, 2.75) is 20.0 Å². The zero-order valence-electron chi connectivity index (χ0n) is 10.3. The van der Waals surface area contributed by atoms with Gasteiger partial charge in [0.25, 0.3) is 0 Å². The molecule has 5 nitrogen and oxygen atoms in total. The van der Waals surface area contributed by atoms with Crippen molar-refractivity contribution in [3.63, 3.8) is 0 Å². The molecule has 0 spiro atoms. The van der Waals surface area contributed by atoms with E-state index in [4.69, 9.17) is 5.26 Å². The lowest BCUT2D eigenvalue weighted by Gasteiger charge is -2.08. The molecule has 0 aromatic carbocycles. The van der Waals surface area contributed by atoms with Crippen molar-refractivity contribution >= 4 is 0 Å². The highest BCUT2D eigenvalue weighted by Gasteiger charge is 2.03. The lowest BCUT2D eigenvalue weighted by Crippen LogP contribution is -2.16. The van der Waals surface area contributed by atoms with Gasteiger partial charge in [0.2, 0.25) is 0 Å². The van der Waals surface area contributed by atoms with Gasteiger partial charge in [0, 0.05) is 25.1 Å². The molecule has 5 heteroatoms. The molecule has 92 valence electrons. The molecule has 2 aromatic rings. The third-order valence-corrected chi connectivity index (χ3v) is 2.63. The zero-order chi connectivity index (χ0) is 12.8. The Labute approximate surface area is 106 Å². The smallest absolute Gasteiger partial charge is 0.140 e. The molecule has 2 aromatic heterocycles. The predicted octanol–water partition coefficient (Wildman–Crippen LogP) is 1.31. The van der Waals surface area contributed by atoms with Crippen molar-refractivity contribution in [1.82, 2.24) is 19.9 Å². The molecule has 0 saturated heterocycles. The summed E-state index contributed by atoms with van der Waals surface area (Å²) in [5.41, 5.74) is 1.50. The molecule has 2 heterocycles. The predicted molar refractivity (Wildman–Crippen MR) is 67.7 cm³/mol. The average molecular weight is 241 g/mol. The largest absolute Gasteiger partial charge is 0.329 e. The fourth-order valence-corrected chi connectivity index (χ4v) is 1.72. The Bertz CT molecular complexity index is 553. The van der Waals surface area contributed by atoms with Gasteiger partial charge in [-0.3, -0.25) is 0 Å². The van der Waals surface area contributed by atoms with Crippen LogP contribution in [0.4, 0.5) is 0 Å². The van der Waals surface area contributed by atoms with Gasteiger partial charge in [-0.25, -0.2) is 9.97 Å². The van der Waals surface area contributed by atoms with E-state index in [0.717, 1.165) is 24.5 Å². The number of nitrogens with one attached hydrogen (secondary N) is 1. The summed E-state index contributed by atoms with van der Waals surface area (Å²) in [5.74, 6) is 0.993. The standard InChI is InChI=1S/C13H15N5/c1-2-15-9-13-17-5-6-18(13)10-11-3-4-16-12(7-11)8-14/h3-7,15H,2,9-10H2,1H3. The zero-order valence-corrected chi connectivity index (χ0v) is 10.3. The van der Waals surface area contributed by atoms with Crippen LogP contribution in [0.2, 0.25) is 0 Å². The molecule has 0 aliphatic rings. The number of hydrogen-bond donors (Lipinski definition) is 1. The second kappa shape index (κ2) is 5.94. The second-order valence-corrected chi connectivity index (χ2v) is 3.91. The minimum Gasteiger partial charge on any atom is -0.329 e. The number of pyridine rings is 1. The minimum absolute atomic E-state index is 0.445. The molecule has 0 amide bonds. The van der Waals surface area contributed by atoms with Crippen LogP contribution in [0.25, 0.3) is 0 Å². The fourth-order valence-electron chi connectivity index (χ4n) is 1.72. The Morgan fingerprint density at radius 3 is 3.06 bits per heavy atom. The molecule has 0 fully saturated rings. The van der Waals surface area contributed by atoms with Crippen LogP contribution < -0.4 is 5.32 Å². The van der Waals surface area contributed by atoms with Crippen LogP contribution in [0.5, 0.6) is 0 Å². The Morgan fingerprint density at radius 1 is 1.39 bits per heavy atom. The molecule has 0 saturated carbocycles. The van der Waals surface area contributed by atoms with Crippen LogP contribution in [-0.2, 0) is 13.1 Å². The number of nitriles is 1. The van der Waals surface area contributed by atoms with Gasteiger partial charge in [-0.05, 0) is 24.2 Å². The summed E-state index contributed by atoms with van der Waals surface area (Å²) in [4.78, 5) is 8.27. The third kappa shape index (κ3) is 2.93. The molecule has 1 N–H and O–H groups in total. The van der Waals surface area contributed by atoms with Gasteiger partial charge in [-0.2, -0.15) is 5.26 Å². The van der Waals surface area contributed by atoms with E-state index in [1.165, 1.54) is 0 Å². The summed E-state index contributed by atoms with van der Waals surface area (Å²) in [5, 5.41) is 12.1. The summed E-state index contributed by atoms with van der Waals surface area (Å²) >= 11 is 0. The Morgan fingerprint density at radius 2 is 2.28 bits per heavy atom. The van der Waals surface area contributed by atoms with Gasteiger partial charge in [0.05, 0.1) is 6.54 Å². The van der Waals surface area contributed by atoms with Crippen LogP contribution in [0.1, 0.15) is 24.0 Å². The van der Waals surface area contributed by atoms with Crippen molar-refractivity contribution in [1.29, 1.82) is 5.26 Å². The topological polar surface area (TPSA) is 66.5 Å². The number of hydrogen-bond acceptors (Lipinski definition) is 4. The first-order chi connectivity index (χ1) is 8.83. The van der Waals surface area contributed by atoms with Crippen molar-refractivity contribution in [3.05, 3.63) is 47.8 Å².